The first-order chi connectivity index (χ1) is 7.61. The van der Waals surface area contributed by atoms with Crippen molar-refractivity contribution >= 4 is 21.6 Å². The van der Waals surface area contributed by atoms with Crippen LogP contribution in [0, 0.1) is 11.8 Å². The second kappa shape index (κ2) is 4.79. The maximum absolute atomic E-state index is 3.54. The van der Waals surface area contributed by atoms with Crippen LogP contribution < -0.4 is 4.90 Å². The molecule has 0 aromatic heterocycles. The molecule has 1 aromatic carbocycles. The number of rotatable bonds is 3. The fraction of sp³-hybridized carbons (Fsp3) is 0.571. The lowest BCUT2D eigenvalue weighted by molar-refractivity contribution is 0.309. The minimum Gasteiger partial charge on any atom is -0.371 e. The molecule has 1 aliphatic heterocycles. The van der Waals surface area contributed by atoms with Gasteiger partial charge in [0.2, 0.25) is 0 Å². The molecule has 2 heteroatoms. The molecule has 88 valence electrons. The van der Waals surface area contributed by atoms with Crippen molar-refractivity contribution in [3.8, 4) is 0 Å². The Morgan fingerprint density at radius 3 is 2.62 bits per heavy atom. The topological polar surface area (TPSA) is 3.24 Å². The third kappa shape index (κ3) is 2.27. The molecule has 1 fully saturated rings. The molecule has 16 heavy (non-hydrogen) atoms. The van der Waals surface area contributed by atoms with E-state index >= 15 is 0 Å². The molecule has 0 amide bonds. The third-order valence-electron chi connectivity index (χ3n) is 3.62. The Kier molecular flexibility index (Phi) is 3.58. The Morgan fingerprint density at radius 2 is 2.06 bits per heavy atom. The predicted molar refractivity (Wildman–Crippen MR) is 74.1 cm³/mol. The maximum atomic E-state index is 3.54. The summed E-state index contributed by atoms with van der Waals surface area (Å²) < 4.78 is 1.19. The van der Waals surface area contributed by atoms with Crippen molar-refractivity contribution in [3.63, 3.8) is 0 Å². The van der Waals surface area contributed by atoms with E-state index in [0.29, 0.717) is 0 Å². The maximum Gasteiger partial charge on any atom is 0.0399 e. The summed E-state index contributed by atoms with van der Waals surface area (Å²) in [6.07, 6.45) is 1.11. The minimum atomic E-state index is 0.816. The molecule has 2 rings (SSSR count). The lowest BCUT2D eigenvalue weighted by Crippen LogP contribution is -2.49. The standard InChI is InChI=1S/C14H20BrN/c1-4-11-7-13(15)5-6-14(11)16-8-12(9-16)10(2)3/h5-7,10,12H,4,8-9H2,1-3H3. The molecule has 0 atom stereocenters. The molecule has 0 unspecified atom stereocenters. The number of hydrogen-bond acceptors (Lipinski definition) is 1. The lowest BCUT2D eigenvalue weighted by Gasteiger charge is -2.44. The molecule has 0 spiro atoms. The molecule has 1 nitrogen and oxygen atoms in total. The van der Waals surface area contributed by atoms with Crippen LogP contribution in [0.1, 0.15) is 26.3 Å². The Labute approximate surface area is 107 Å². The van der Waals surface area contributed by atoms with Gasteiger partial charge in [-0.05, 0) is 42.0 Å². The van der Waals surface area contributed by atoms with Crippen LogP contribution in [0.3, 0.4) is 0 Å². The van der Waals surface area contributed by atoms with Crippen LogP contribution in [0.2, 0.25) is 0 Å². The summed E-state index contributed by atoms with van der Waals surface area (Å²) in [5, 5.41) is 0. The average Bonchev–Trinajstić information content (AvgIpc) is 2.17. The van der Waals surface area contributed by atoms with E-state index in [-0.39, 0.29) is 0 Å². The number of benzene rings is 1. The second-order valence-electron chi connectivity index (χ2n) is 5.04. The van der Waals surface area contributed by atoms with E-state index in [2.05, 4.69) is 59.8 Å². The van der Waals surface area contributed by atoms with Crippen LogP contribution in [0.15, 0.2) is 22.7 Å². The zero-order chi connectivity index (χ0) is 11.7. The summed E-state index contributed by atoms with van der Waals surface area (Å²) in [6, 6.07) is 6.65. The number of halogens is 1. The highest BCUT2D eigenvalue weighted by Crippen LogP contribution is 2.33. The van der Waals surface area contributed by atoms with Gasteiger partial charge in [-0.15, -0.1) is 0 Å². The van der Waals surface area contributed by atoms with Gasteiger partial charge < -0.3 is 4.90 Å². The number of aryl methyl sites for hydroxylation is 1. The molecule has 1 aromatic rings. The average molecular weight is 282 g/mol. The van der Waals surface area contributed by atoms with E-state index in [1.807, 2.05) is 0 Å². The Morgan fingerprint density at radius 1 is 1.38 bits per heavy atom. The van der Waals surface area contributed by atoms with Crippen molar-refractivity contribution in [2.75, 3.05) is 18.0 Å². The van der Waals surface area contributed by atoms with Crippen molar-refractivity contribution in [2.45, 2.75) is 27.2 Å². The van der Waals surface area contributed by atoms with Gasteiger partial charge >= 0.3 is 0 Å². The van der Waals surface area contributed by atoms with Crippen LogP contribution in [-0.4, -0.2) is 13.1 Å². The zero-order valence-corrected chi connectivity index (χ0v) is 11.9. The normalized spacial score (nSPS) is 16.7. The first-order valence-corrected chi connectivity index (χ1v) is 6.94. The number of nitrogens with zero attached hydrogens (tertiary/aromatic N) is 1. The van der Waals surface area contributed by atoms with E-state index in [4.69, 9.17) is 0 Å². The van der Waals surface area contributed by atoms with Crippen molar-refractivity contribution in [3.05, 3.63) is 28.2 Å². The Hall–Kier alpha value is -0.500. The van der Waals surface area contributed by atoms with Gasteiger partial charge in [0.05, 0.1) is 0 Å². The molecule has 1 aliphatic rings. The molecule has 0 N–H and O–H groups in total. The van der Waals surface area contributed by atoms with Crippen LogP contribution in [0.4, 0.5) is 5.69 Å². The van der Waals surface area contributed by atoms with E-state index in [1.165, 1.54) is 28.8 Å². The Bertz CT molecular complexity index is 367. The van der Waals surface area contributed by atoms with Gasteiger partial charge in [0.15, 0.2) is 0 Å². The second-order valence-corrected chi connectivity index (χ2v) is 5.95. The molecule has 0 aliphatic carbocycles. The highest BCUT2D eigenvalue weighted by Gasteiger charge is 2.29. The van der Waals surface area contributed by atoms with Crippen molar-refractivity contribution in [2.24, 2.45) is 11.8 Å². The van der Waals surface area contributed by atoms with E-state index in [1.54, 1.807) is 0 Å². The summed E-state index contributed by atoms with van der Waals surface area (Å²) in [6.45, 7) is 9.33. The van der Waals surface area contributed by atoms with E-state index in [0.717, 1.165) is 18.3 Å². The van der Waals surface area contributed by atoms with E-state index in [9.17, 15) is 0 Å². The fourth-order valence-corrected chi connectivity index (χ4v) is 2.69. The summed E-state index contributed by atoms with van der Waals surface area (Å²) in [7, 11) is 0. The molecular weight excluding hydrogens is 262 g/mol. The van der Waals surface area contributed by atoms with Gasteiger partial charge in [-0.25, -0.2) is 0 Å². The highest BCUT2D eigenvalue weighted by atomic mass is 79.9. The SMILES string of the molecule is CCc1cc(Br)ccc1N1CC(C(C)C)C1. The number of anilines is 1. The summed E-state index contributed by atoms with van der Waals surface area (Å²) in [5.74, 6) is 1.70. The van der Waals surface area contributed by atoms with Crippen molar-refractivity contribution in [1.29, 1.82) is 0 Å². The number of hydrogen-bond donors (Lipinski definition) is 0. The van der Waals surface area contributed by atoms with Crippen molar-refractivity contribution in [1.82, 2.24) is 0 Å². The molecule has 1 heterocycles. The van der Waals surface area contributed by atoms with Gasteiger partial charge in [-0.1, -0.05) is 36.7 Å². The quantitative estimate of drug-likeness (QED) is 0.806. The summed E-state index contributed by atoms with van der Waals surface area (Å²) >= 11 is 3.54. The third-order valence-corrected chi connectivity index (χ3v) is 4.11. The van der Waals surface area contributed by atoms with Crippen LogP contribution in [-0.2, 0) is 6.42 Å². The van der Waals surface area contributed by atoms with Gasteiger partial charge in [-0.2, -0.15) is 0 Å². The smallest absolute Gasteiger partial charge is 0.0399 e. The molecule has 0 radical (unpaired) electrons. The van der Waals surface area contributed by atoms with Crippen molar-refractivity contribution < 1.29 is 0 Å². The lowest BCUT2D eigenvalue weighted by atomic mass is 9.87. The first kappa shape index (κ1) is 12.0. The predicted octanol–water partition coefficient (Wildman–Crippen LogP) is 4.10. The van der Waals surface area contributed by atoms with Gasteiger partial charge in [-0.3, -0.25) is 0 Å². The molecule has 0 saturated carbocycles. The van der Waals surface area contributed by atoms with Gasteiger partial charge in [0, 0.05) is 23.2 Å². The zero-order valence-electron chi connectivity index (χ0n) is 10.3. The van der Waals surface area contributed by atoms with Gasteiger partial charge in [0.1, 0.15) is 0 Å². The first-order valence-electron chi connectivity index (χ1n) is 6.15. The monoisotopic (exact) mass is 281 g/mol. The largest absolute Gasteiger partial charge is 0.371 e. The highest BCUT2D eigenvalue weighted by molar-refractivity contribution is 9.10. The molecule has 1 saturated heterocycles. The molecular formula is C14H20BrN. The van der Waals surface area contributed by atoms with Crippen LogP contribution >= 0.6 is 15.9 Å². The summed E-state index contributed by atoms with van der Waals surface area (Å²) in [4.78, 5) is 2.51. The summed E-state index contributed by atoms with van der Waals surface area (Å²) in [5.41, 5.74) is 2.89. The van der Waals surface area contributed by atoms with Crippen LogP contribution in [0.25, 0.3) is 0 Å². The minimum absolute atomic E-state index is 0.816. The Balaban J connectivity index is 2.11. The fourth-order valence-electron chi connectivity index (χ4n) is 2.28. The van der Waals surface area contributed by atoms with Gasteiger partial charge in [0.25, 0.3) is 0 Å². The van der Waals surface area contributed by atoms with E-state index < -0.39 is 0 Å². The molecule has 0 bridgehead atoms. The van der Waals surface area contributed by atoms with Crippen LogP contribution in [0.5, 0.6) is 0 Å².